The van der Waals surface area contributed by atoms with Crippen molar-refractivity contribution in [3.05, 3.63) is 59.7 Å². The molecular weight excluding hydrogens is 436 g/mol. The maximum absolute atomic E-state index is 13.1. The summed E-state index contributed by atoms with van der Waals surface area (Å²) in [6.45, 7) is 4.67. The lowest BCUT2D eigenvalue weighted by atomic mass is 9.98. The third-order valence-electron chi connectivity index (χ3n) is 6.37. The summed E-state index contributed by atoms with van der Waals surface area (Å²) in [6, 6.07) is 14.8. The maximum atomic E-state index is 13.1. The van der Waals surface area contributed by atoms with Gasteiger partial charge in [-0.2, -0.15) is 0 Å². The number of nitrogens with zero attached hydrogens (tertiary/aromatic N) is 1. The van der Waals surface area contributed by atoms with E-state index in [-0.39, 0.29) is 24.7 Å². The van der Waals surface area contributed by atoms with Crippen LogP contribution in [0, 0.1) is 0 Å². The second-order valence-electron chi connectivity index (χ2n) is 8.95. The van der Waals surface area contributed by atoms with Crippen molar-refractivity contribution in [3.63, 3.8) is 0 Å². The van der Waals surface area contributed by atoms with Crippen LogP contribution in [0.5, 0.6) is 0 Å². The zero-order valence-corrected chi connectivity index (χ0v) is 19.4. The number of rotatable bonds is 6. The van der Waals surface area contributed by atoms with Gasteiger partial charge in [0.15, 0.2) is 0 Å². The van der Waals surface area contributed by atoms with Crippen LogP contribution in [0.2, 0.25) is 0 Å². The lowest BCUT2D eigenvalue weighted by Crippen LogP contribution is -2.51. The van der Waals surface area contributed by atoms with Crippen molar-refractivity contribution in [1.29, 1.82) is 0 Å². The van der Waals surface area contributed by atoms with Crippen LogP contribution in [0.25, 0.3) is 11.1 Å². The number of amides is 2. The number of carbonyl (C=O) groups is 3. The summed E-state index contributed by atoms with van der Waals surface area (Å²) in [4.78, 5) is 38.7. The Morgan fingerprint density at radius 1 is 1.06 bits per heavy atom. The largest absolute Gasteiger partial charge is 0.481 e. The van der Waals surface area contributed by atoms with E-state index in [4.69, 9.17) is 9.47 Å². The zero-order valence-electron chi connectivity index (χ0n) is 19.4. The number of carboxylic acids is 1. The average molecular weight is 467 g/mol. The molecule has 180 valence electrons. The molecule has 8 heteroatoms. The van der Waals surface area contributed by atoms with Crippen LogP contribution in [-0.2, 0) is 19.1 Å². The fraction of sp³-hybridized carbons (Fsp3) is 0.423. The first-order chi connectivity index (χ1) is 16.3. The van der Waals surface area contributed by atoms with E-state index in [0.717, 1.165) is 22.3 Å². The van der Waals surface area contributed by atoms with Gasteiger partial charge >= 0.3 is 12.1 Å². The van der Waals surface area contributed by atoms with E-state index in [0.29, 0.717) is 19.5 Å². The van der Waals surface area contributed by atoms with Gasteiger partial charge in [0.2, 0.25) is 5.91 Å². The highest BCUT2D eigenvalue weighted by Gasteiger charge is 2.33. The van der Waals surface area contributed by atoms with E-state index >= 15 is 0 Å². The molecule has 1 heterocycles. The SMILES string of the molecule is CC1CCN(C(=O)C(CC(=O)O)NC(=O)OCC2c3ccccc3-c3ccccc32)CC(C)O1. The first-order valence-corrected chi connectivity index (χ1v) is 11.6. The molecule has 2 amide bonds. The molecule has 3 atom stereocenters. The summed E-state index contributed by atoms with van der Waals surface area (Å²) >= 11 is 0. The standard InChI is InChI=1S/C26H30N2O6/c1-16-11-12-28(14-17(2)34-16)25(31)23(13-24(29)30)27-26(32)33-15-22-20-9-5-3-7-18(20)19-8-4-6-10-21(19)22/h3-10,16-17,22-23H,11-15H2,1-2H3,(H,27,32)(H,29,30). The fourth-order valence-corrected chi connectivity index (χ4v) is 4.82. The maximum Gasteiger partial charge on any atom is 0.407 e. The predicted molar refractivity (Wildman–Crippen MR) is 125 cm³/mol. The number of ether oxygens (including phenoxy) is 2. The topological polar surface area (TPSA) is 105 Å². The predicted octanol–water partition coefficient (Wildman–Crippen LogP) is 3.39. The van der Waals surface area contributed by atoms with E-state index in [1.165, 1.54) is 0 Å². The molecule has 0 radical (unpaired) electrons. The molecular formula is C26H30N2O6. The number of carboxylic acid groups (broad SMARTS) is 1. The lowest BCUT2D eigenvalue weighted by Gasteiger charge is -2.27. The van der Waals surface area contributed by atoms with Gasteiger partial charge in [-0.1, -0.05) is 48.5 Å². The summed E-state index contributed by atoms with van der Waals surface area (Å²) in [6.07, 6.45) is -0.873. The molecule has 2 aromatic rings. The highest BCUT2D eigenvalue weighted by atomic mass is 16.5. The second kappa shape index (κ2) is 10.3. The van der Waals surface area contributed by atoms with E-state index in [1.807, 2.05) is 62.4 Å². The van der Waals surface area contributed by atoms with Crippen LogP contribution in [-0.4, -0.2) is 65.9 Å². The molecule has 2 N–H and O–H groups in total. The van der Waals surface area contributed by atoms with Crippen LogP contribution in [0.4, 0.5) is 4.79 Å². The van der Waals surface area contributed by atoms with Crippen molar-refractivity contribution in [2.24, 2.45) is 0 Å². The van der Waals surface area contributed by atoms with Crippen molar-refractivity contribution in [2.75, 3.05) is 19.7 Å². The molecule has 1 aliphatic heterocycles. The van der Waals surface area contributed by atoms with E-state index in [1.54, 1.807) is 4.90 Å². The van der Waals surface area contributed by atoms with Crippen LogP contribution < -0.4 is 5.32 Å². The van der Waals surface area contributed by atoms with Crippen molar-refractivity contribution in [3.8, 4) is 11.1 Å². The van der Waals surface area contributed by atoms with Crippen LogP contribution in [0.15, 0.2) is 48.5 Å². The Hall–Kier alpha value is -3.39. The molecule has 0 aromatic heterocycles. The molecule has 8 nitrogen and oxygen atoms in total. The minimum Gasteiger partial charge on any atom is -0.481 e. The number of benzene rings is 2. The monoisotopic (exact) mass is 466 g/mol. The zero-order chi connectivity index (χ0) is 24.2. The third kappa shape index (κ3) is 5.22. The van der Waals surface area contributed by atoms with Gasteiger partial charge in [0.05, 0.1) is 18.6 Å². The van der Waals surface area contributed by atoms with Gasteiger partial charge < -0.3 is 24.8 Å². The number of aliphatic carboxylic acids is 1. The quantitative estimate of drug-likeness (QED) is 0.676. The van der Waals surface area contributed by atoms with Gasteiger partial charge in [0.25, 0.3) is 0 Å². The molecule has 34 heavy (non-hydrogen) atoms. The Balaban J connectivity index is 1.43. The van der Waals surface area contributed by atoms with Gasteiger partial charge in [0.1, 0.15) is 12.6 Å². The first kappa shape index (κ1) is 23.8. The highest BCUT2D eigenvalue weighted by Crippen LogP contribution is 2.44. The molecule has 2 aliphatic rings. The summed E-state index contributed by atoms with van der Waals surface area (Å²) in [5, 5.41) is 11.8. The Morgan fingerprint density at radius 3 is 2.29 bits per heavy atom. The number of alkyl carbamates (subject to hydrolysis) is 1. The summed E-state index contributed by atoms with van der Waals surface area (Å²) in [5.74, 6) is -1.75. The van der Waals surface area contributed by atoms with Gasteiger partial charge in [-0.3, -0.25) is 9.59 Å². The first-order valence-electron chi connectivity index (χ1n) is 11.6. The molecule has 1 aliphatic carbocycles. The number of hydrogen-bond acceptors (Lipinski definition) is 5. The summed E-state index contributed by atoms with van der Waals surface area (Å²) < 4.78 is 11.3. The molecule has 3 unspecified atom stereocenters. The van der Waals surface area contributed by atoms with Crippen molar-refractivity contribution >= 4 is 18.0 Å². The number of hydrogen-bond donors (Lipinski definition) is 2. The molecule has 1 fully saturated rings. The third-order valence-corrected chi connectivity index (χ3v) is 6.37. The highest BCUT2D eigenvalue weighted by molar-refractivity contribution is 5.89. The molecule has 1 saturated heterocycles. The van der Waals surface area contributed by atoms with Crippen molar-refractivity contribution in [2.45, 2.75) is 50.9 Å². The molecule has 2 aromatic carbocycles. The van der Waals surface area contributed by atoms with Crippen LogP contribution >= 0.6 is 0 Å². The Kier molecular flexibility index (Phi) is 7.17. The fourth-order valence-electron chi connectivity index (χ4n) is 4.82. The minimum absolute atomic E-state index is 0.000755. The van der Waals surface area contributed by atoms with Crippen molar-refractivity contribution < 1.29 is 29.0 Å². The normalized spacial score (nSPS) is 20.6. The smallest absolute Gasteiger partial charge is 0.407 e. The van der Waals surface area contributed by atoms with Crippen molar-refractivity contribution in [1.82, 2.24) is 10.2 Å². The number of carbonyl (C=O) groups excluding carboxylic acids is 2. The Bertz CT molecular complexity index is 1030. The Morgan fingerprint density at radius 2 is 1.68 bits per heavy atom. The Labute approximate surface area is 198 Å². The molecule has 0 saturated carbocycles. The minimum atomic E-state index is -1.21. The molecule has 4 rings (SSSR count). The van der Waals surface area contributed by atoms with E-state index in [2.05, 4.69) is 5.32 Å². The van der Waals surface area contributed by atoms with Crippen LogP contribution in [0.1, 0.15) is 43.7 Å². The van der Waals surface area contributed by atoms with Gasteiger partial charge in [-0.25, -0.2) is 4.79 Å². The van der Waals surface area contributed by atoms with Gasteiger partial charge in [0, 0.05) is 19.0 Å². The number of nitrogens with one attached hydrogen (secondary N) is 1. The van der Waals surface area contributed by atoms with Crippen LogP contribution in [0.3, 0.4) is 0 Å². The van der Waals surface area contributed by atoms with E-state index < -0.39 is 30.4 Å². The molecule has 0 bridgehead atoms. The van der Waals surface area contributed by atoms with Gasteiger partial charge in [-0.15, -0.1) is 0 Å². The summed E-state index contributed by atoms with van der Waals surface area (Å²) in [5.41, 5.74) is 4.36. The molecule has 0 spiro atoms. The number of fused-ring (bicyclic) bond motifs is 3. The average Bonchev–Trinajstić information content (AvgIpc) is 3.01. The second-order valence-corrected chi connectivity index (χ2v) is 8.95. The summed E-state index contributed by atoms with van der Waals surface area (Å²) in [7, 11) is 0. The lowest BCUT2D eigenvalue weighted by molar-refractivity contribution is -0.142. The van der Waals surface area contributed by atoms with Gasteiger partial charge in [-0.05, 0) is 42.5 Å². The van der Waals surface area contributed by atoms with E-state index in [9.17, 15) is 19.5 Å².